The van der Waals surface area contributed by atoms with Crippen molar-refractivity contribution >= 4 is 29.6 Å². The molecule has 0 aliphatic carbocycles. The van der Waals surface area contributed by atoms with Crippen LogP contribution < -0.4 is 0 Å². The fraction of sp³-hybridized carbons (Fsp3) is 0.0714. The number of halogens is 2. The Morgan fingerprint density at radius 3 is 2.78 bits per heavy atom. The second-order valence-corrected chi connectivity index (χ2v) is 5.20. The Balaban J connectivity index is 2.08. The summed E-state index contributed by atoms with van der Waals surface area (Å²) in [6.07, 6.45) is 0.799. The van der Waals surface area contributed by atoms with Gasteiger partial charge in [0.25, 0.3) is 0 Å². The maximum Gasteiger partial charge on any atom is 0.150 e. The molecule has 0 fully saturated rings. The molecule has 0 amide bonds. The fourth-order valence-electron chi connectivity index (χ4n) is 1.48. The third kappa shape index (κ3) is 3.34. The van der Waals surface area contributed by atoms with Crippen molar-refractivity contribution in [3.63, 3.8) is 0 Å². The van der Waals surface area contributed by atoms with E-state index in [1.165, 1.54) is 17.8 Å². The van der Waals surface area contributed by atoms with Gasteiger partial charge in [0.15, 0.2) is 0 Å². The van der Waals surface area contributed by atoms with Gasteiger partial charge in [-0.2, -0.15) is 0 Å². The van der Waals surface area contributed by atoms with E-state index in [1.54, 1.807) is 24.3 Å². The molecule has 0 bridgehead atoms. The first kappa shape index (κ1) is 13.1. The lowest BCUT2D eigenvalue weighted by Crippen LogP contribution is -1.87. The van der Waals surface area contributed by atoms with Gasteiger partial charge >= 0.3 is 0 Å². The van der Waals surface area contributed by atoms with Crippen LogP contribution in [0.4, 0.5) is 4.39 Å². The summed E-state index contributed by atoms with van der Waals surface area (Å²) in [7, 11) is 0. The molecule has 1 nitrogen and oxygen atoms in total. The maximum atomic E-state index is 13.5. The molecule has 0 saturated heterocycles. The van der Waals surface area contributed by atoms with Crippen molar-refractivity contribution in [2.75, 3.05) is 0 Å². The van der Waals surface area contributed by atoms with Gasteiger partial charge in [0.05, 0.1) is 0 Å². The Morgan fingerprint density at radius 1 is 1.22 bits per heavy atom. The van der Waals surface area contributed by atoms with Gasteiger partial charge in [-0.25, -0.2) is 4.39 Å². The summed E-state index contributed by atoms with van der Waals surface area (Å²) < 4.78 is 13.5. The SMILES string of the molecule is O=Cc1cccc(SCc2ccc(Cl)cc2F)c1. The molecular weight excluding hydrogens is 271 g/mol. The number of hydrogen-bond donors (Lipinski definition) is 0. The number of carbonyl (C=O) groups is 1. The molecule has 0 atom stereocenters. The quantitative estimate of drug-likeness (QED) is 0.602. The molecule has 0 aromatic heterocycles. The highest BCUT2D eigenvalue weighted by Gasteiger charge is 2.04. The lowest BCUT2D eigenvalue weighted by atomic mass is 10.2. The number of thioether (sulfide) groups is 1. The van der Waals surface area contributed by atoms with Gasteiger partial charge in [-0.05, 0) is 29.8 Å². The van der Waals surface area contributed by atoms with E-state index >= 15 is 0 Å². The fourth-order valence-corrected chi connectivity index (χ4v) is 2.59. The van der Waals surface area contributed by atoms with Crippen molar-refractivity contribution < 1.29 is 9.18 Å². The van der Waals surface area contributed by atoms with Gasteiger partial charge in [-0.15, -0.1) is 11.8 Å². The Bertz CT molecular complexity index is 571. The molecular formula is C14H10ClFOS. The predicted octanol–water partition coefficient (Wildman–Crippen LogP) is 4.58. The van der Waals surface area contributed by atoms with E-state index in [2.05, 4.69) is 0 Å². The molecule has 0 unspecified atom stereocenters. The molecule has 0 spiro atoms. The van der Waals surface area contributed by atoms with E-state index in [9.17, 15) is 9.18 Å². The van der Waals surface area contributed by atoms with Gasteiger partial charge < -0.3 is 0 Å². The largest absolute Gasteiger partial charge is 0.298 e. The zero-order valence-electron chi connectivity index (χ0n) is 9.40. The van der Waals surface area contributed by atoms with E-state index < -0.39 is 0 Å². The minimum absolute atomic E-state index is 0.304. The van der Waals surface area contributed by atoms with Crippen molar-refractivity contribution in [1.29, 1.82) is 0 Å². The van der Waals surface area contributed by atoms with E-state index in [-0.39, 0.29) is 5.82 Å². The van der Waals surface area contributed by atoms with Crippen LogP contribution in [0.5, 0.6) is 0 Å². The van der Waals surface area contributed by atoms with E-state index in [0.717, 1.165) is 11.2 Å². The first-order chi connectivity index (χ1) is 8.69. The molecule has 0 saturated carbocycles. The van der Waals surface area contributed by atoms with Crippen molar-refractivity contribution in [3.8, 4) is 0 Å². The number of carbonyl (C=O) groups excluding carboxylic acids is 1. The summed E-state index contributed by atoms with van der Waals surface area (Å²) >= 11 is 7.17. The molecule has 0 N–H and O–H groups in total. The highest BCUT2D eigenvalue weighted by Crippen LogP contribution is 2.25. The van der Waals surface area contributed by atoms with Crippen LogP contribution >= 0.6 is 23.4 Å². The number of hydrogen-bond acceptors (Lipinski definition) is 2. The molecule has 92 valence electrons. The Labute approximate surface area is 114 Å². The van der Waals surface area contributed by atoms with E-state index in [4.69, 9.17) is 11.6 Å². The van der Waals surface area contributed by atoms with Crippen LogP contribution in [0.3, 0.4) is 0 Å². The van der Waals surface area contributed by atoms with Crippen LogP contribution in [0.15, 0.2) is 47.4 Å². The molecule has 0 aliphatic rings. The summed E-state index contributed by atoms with van der Waals surface area (Å²) in [4.78, 5) is 11.6. The van der Waals surface area contributed by atoms with Gasteiger partial charge in [0.1, 0.15) is 12.1 Å². The zero-order valence-corrected chi connectivity index (χ0v) is 11.0. The maximum absolute atomic E-state index is 13.5. The van der Waals surface area contributed by atoms with Crippen LogP contribution in [0, 0.1) is 5.82 Å². The third-order valence-electron chi connectivity index (χ3n) is 2.40. The summed E-state index contributed by atoms with van der Waals surface area (Å²) in [6.45, 7) is 0. The minimum atomic E-state index is -0.304. The van der Waals surface area contributed by atoms with Gasteiger partial charge in [-0.3, -0.25) is 4.79 Å². The monoisotopic (exact) mass is 280 g/mol. The number of rotatable bonds is 4. The van der Waals surface area contributed by atoms with Crippen LogP contribution in [-0.2, 0) is 5.75 Å². The van der Waals surface area contributed by atoms with Crippen LogP contribution in [-0.4, -0.2) is 6.29 Å². The Kier molecular flexibility index (Phi) is 4.39. The molecule has 0 radical (unpaired) electrons. The highest BCUT2D eigenvalue weighted by atomic mass is 35.5. The van der Waals surface area contributed by atoms with Gasteiger partial charge in [0.2, 0.25) is 0 Å². The lowest BCUT2D eigenvalue weighted by Gasteiger charge is -2.04. The second kappa shape index (κ2) is 6.03. The topological polar surface area (TPSA) is 17.1 Å². The van der Waals surface area contributed by atoms with Crippen LogP contribution in [0.2, 0.25) is 5.02 Å². The molecule has 0 aliphatic heterocycles. The molecule has 2 rings (SSSR count). The second-order valence-electron chi connectivity index (χ2n) is 3.71. The van der Waals surface area contributed by atoms with E-state index in [1.807, 2.05) is 12.1 Å². The van der Waals surface area contributed by atoms with Crippen LogP contribution in [0.1, 0.15) is 15.9 Å². The summed E-state index contributed by atoms with van der Waals surface area (Å²) in [5.41, 5.74) is 1.22. The summed E-state index contributed by atoms with van der Waals surface area (Å²) in [5, 5.41) is 0.393. The summed E-state index contributed by atoms with van der Waals surface area (Å²) in [5.74, 6) is 0.201. The third-order valence-corrected chi connectivity index (χ3v) is 3.68. The first-order valence-corrected chi connectivity index (χ1v) is 6.67. The van der Waals surface area contributed by atoms with Crippen molar-refractivity contribution in [2.24, 2.45) is 0 Å². The lowest BCUT2D eigenvalue weighted by molar-refractivity contribution is 0.112. The average molecular weight is 281 g/mol. The minimum Gasteiger partial charge on any atom is -0.298 e. The molecule has 2 aromatic rings. The average Bonchev–Trinajstić information content (AvgIpc) is 2.38. The first-order valence-electron chi connectivity index (χ1n) is 5.31. The van der Waals surface area contributed by atoms with Crippen LogP contribution in [0.25, 0.3) is 0 Å². The van der Waals surface area contributed by atoms with Gasteiger partial charge in [0, 0.05) is 21.2 Å². The number of benzene rings is 2. The van der Waals surface area contributed by atoms with Crippen molar-refractivity contribution in [2.45, 2.75) is 10.6 Å². The molecule has 18 heavy (non-hydrogen) atoms. The van der Waals surface area contributed by atoms with Crippen molar-refractivity contribution in [3.05, 3.63) is 64.4 Å². The van der Waals surface area contributed by atoms with Crippen molar-refractivity contribution in [1.82, 2.24) is 0 Å². The smallest absolute Gasteiger partial charge is 0.150 e. The molecule has 4 heteroatoms. The summed E-state index contributed by atoms with van der Waals surface area (Å²) in [6, 6.07) is 11.9. The molecule has 2 aromatic carbocycles. The Morgan fingerprint density at radius 2 is 2.06 bits per heavy atom. The normalized spacial score (nSPS) is 10.3. The van der Waals surface area contributed by atoms with E-state index in [0.29, 0.717) is 21.9 Å². The Hall–Kier alpha value is -1.32. The molecule has 0 heterocycles. The highest BCUT2D eigenvalue weighted by molar-refractivity contribution is 7.98. The zero-order chi connectivity index (χ0) is 13.0. The predicted molar refractivity (Wildman–Crippen MR) is 72.8 cm³/mol. The number of aldehydes is 1. The standard InChI is InChI=1S/C14H10ClFOS/c15-12-5-4-11(14(16)7-12)9-18-13-3-1-2-10(6-13)8-17/h1-8H,9H2. The van der Waals surface area contributed by atoms with Gasteiger partial charge in [-0.1, -0.05) is 29.8 Å².